The molecule has 1 aliphatic carbocycles. The van der Waals surface area contributed by atoms with E-state index in [1.54, 1.807) is 0 Å². The molecule has 3 rings (SSSR count). The first-order valence-corrected chi connectivity index (χ1v) is 6.82. The SMILES string of the molecule is CCNc1cc(C2CC2)nc(-c2cc(C)ccn2)n1. The third kappa shape index (κ3) is 2.72. The lowest BCUT2D eigenvalue weighted by Crippen LogP contribution is -2.04. The zero-order valence-electron chi connectivity index (χ0n) is 11.3. The van der Waals surface area contributed by atoms with E-state index >= 15 is 0 Å². The molecule has 2 aromatic rings. The Labute approximate surface area is 113 Å². The molecular weight excluding hydrogens is 236 g/mol. The van der Waals surface area contributed by atoms with Gasteiger partial charge in [0.25, 0.3) is 0 Å². The number of hydrogen-bond acceptors (Lipinski definition) is 4. The summed E-state index contributed by atoms with van der Waals surface area (Å²) in [6, 6.07) is 6.08. The largest absolute Gasteiger partial charge is 0.370 e. The van der Waals surface area contributed by atoms with Crippen molar-refractivity contribution in [2.24, 2.45) is 0 Å². The number of aryl methyl sites for hydroxylation is 1. The molecule has 4 heteroatoms. The Kier molecular flexibility index (Phi) is 3.15. The van der Waals surface area contributed by atoms with Gasteiger partial charge in [0.2, 0.25) is 0 Å². The molecule has 2 aromatic heterocycles. The summed E-state index contributed by atoms with van der Waals surface area (Å²) in [6.45, 7) is 4.99. The van der Waals surface area contributed by atoms with Crippen LogP contribution in [0.15, 0.2) is 24.4 Å². The van der Waals surface area contributed by atoms with Crippen LogP contribution in [0, 0.1) is 6.92 Å². The Morgan fingerprint density at radius 3 is 2.79 bits per heavy atom. The lowest BCUT2D eigenvalue weighted by atomic mass is 10.2. The Morgan fingerprint density at radius 2 is 2.11 bits per heavy atom. The third-order valence-corrected chi connectivity index (χ3v) is 3.24. The Morgan fingerprint density at radius 1 is 1.26 bits per heavy atom. The van der Waals surface area contributed by atoms with Crippen molar-refractivity contribution in [2.75, 3.05) is 11.9 Å². The van der Waals surface area contributed by atoms with E-state index in [1.165, 1.54) is 18.4 Å². The molecule has 1 saturated carbocycles. The van der Waals surface area contributed by atoms with Crippen LogP contribution in [0.4, 0.5) is 5.82 Å². The highest BCUT2D eigenvalue weighted by molar-refractivity contribution is 5.54. The lowest BCUT2D eigenvalue weighted by molar-refractivity contribution is 0.981. The van der Waals surface area contributed by atoms with Crippen LogP contribution in [0.5, 0.6) is 0 Å². The number of nitrogens with zero attached hydrogens (tertiary/aromatic N) is 3. The van der Waals surface area contributed by atoms with Crippen LogP contribution in [-0.4, -0.2) is 21.5 Å². The zero-order valence-corrected chi connectivity index (χ0v) is 11.3. The summed E-state index contributed by atoms with van der Waals surface area (Å²) in [7, 11) is 0. The highest BCUT2D eigenvalue weighted by atomic mass is 15.0. The molecular formula is C15H18N4. The van der Waals surface area contributed by atoms with Crippen molar-refractivity contribution in [3.63, 3.8) is 0 Å². The van der Waals surface area contributed by atoms with Crippen LogP contribution >= 0.6 is 0 Å². The van der Waals surface area contributed by atoms with Gasteiger partial charge in [0.1, 0.15) is 11.5 Å². The van der Waals surface area contributed by atoms with E-state index in [9.17, 15) is 0 Å². The maximum atomic E-state index is 4.68. The maximum Gasteiger partial charge on any atom is 0.180 e. The highest BCUT2D eigenvalue weighted by Gasteiger charge is 2.26. The van der Waals surface area contributed by atoms with Gasteiger partial charge >= 0.3 is 0 Å². The van der Waals surface area contributed by atoms with Crippen LogP contribution in [-0.2, 0) is 0 Å². The average molecular weight is 254 g/mol. The fourth-order valence-electron chi connectivity index (χ4n) is 2.10. The van der Waals surface area contributed by atoms with E-state index in [2.05, 4.69) is 40.2 Å². The minimum atomic E-state index is 0.615. The summed E-state index contributed by atoms with van der Waals surface area (Å²) in [5.74, 6) is 2.24. The van der Waals surface area contributed by atoms with E-state index in [0.29, 0.717) is 5.92 Å². The van der Waals surface area contributed by atoms with Gasteiger partial charge in [-0.05, 0) is 44.4 Å². The zero-order chi connectivity index (χ0) is 13.2. The molecule has 0 aliphatic heterocycles. The van der Waals surface area contributed by atoms with Crippen molar-refractivity contribution in [1.29, 1.82) is 0 Å². The van der Waals surface area contributed by atoms with E-state index < -0.39 is 0 Å². The summed E-state index contributed by atoms with van der Waals surface area (Å²) < 4.78 is 0. The van der Waals surface area contributed by atoms with Gasteiger partial charge in [-0.15, -0.1) is 0 Å². The first-order chi connectivity index (χ1) is 9.26. The summed E-state index contributed by atoms with van der Waals surface area (Å²) >= 11 is 0. The summed E-state index contributed by atoms with van der Waals surface area (Å²) in [5.41, 5.74) is 3.17. The van der Waals surface area contributed by atoms with E-state index in [4.69, 9.17) is 0 Å². The number of anilines is 1. The van der Waals surface area contributed by atoms with Gasteiger partial charge in [-0.3, -0.25) is 4.98 Å². The second-order valence-corrected chi connectivity index (χ2v) is 5.02. The molecule has 0 saturated heterocycles. The second kappa shape index (κ2) is 4.96. The molecule has 2 heterocycles. The monoisotopic (exact) mass is 254 g/mol. The molecule has 0 unspecified atom stereocenters. The topological polar surface area (TPSA) is 50.7 Å². The summed E-state index contributed by atoms with van der Waals surface area (Å²) in [5, 5.41) is 3.28. The molecule has 0 spiro atoms. The van der Waals surface area contributed by atoms with Crippen molar-refractivity contribution in [3.8, 4) is 11.5 Å². The highest BCUT2D eigenvalue weighted by Crippen LogP contribution is 2.40. The first-order valence-electron chi connectivity index (χ1n) is 6.82. The van der Waals surface area contributed by atoms with Crippen LogP contribution < -0.4 is 5.32 Å². The number of pyridine rings is 1. The lowest BCUT2D eigenvalue weighted by Gasteiger charge is -2.08. The Hall–Kier alpha value is -1.97. The molecule has 1 fully saturated rings. The predicted octanol–water partition coefficient (Wildman–Crippen LogP) is 3.16. The van der Waals surface area contributed by atoms with Crippen molar-refractivity contribution >= 4 is 5.82 Å². The van der Waals surface area contributed by atoms with Crippen molar-refractivity contribution in [2.45, 2.75) is 32.6 Å². The summed E-state index contributed by atoms with van der Waals surface area (Å²) in [4.78, 5) is 13.6. The van der Waals surface area contributed by atoms with Gasteiger partial charge in [0.15, 0.2) is 5.82 Å². The fourth-order valence-corrected chi connectivity index (χ4v) is 2.10. The molecule has 1 aliphatic rings. The number of rotatable bonds is 4. The van der Waals surface area contributed by atoms with Crippen LogP contribution in [0.25, 0.3) is 11.5 Å². The van der Waals surface area contributed by atoms with Crippen LogP contribution in [0.1, 0.15) is 36.9 Å². The standard InChI is InChI=1S/C15H18N4/c1-3-16-14-9-12(11-4-5-11)18-15(19-14)13-8-10(2)6-7-17-13/h6-9,11H,3-5H2,1-2H3,(H,16,18,19). The van der Waals surface area contributed by atoms with Gasteiger partial charge < -0.3 is 5.32 Å². The van der Waals surface area contributed by atoms with Crippen LogP contribution in [0.3, 0.4) is 0 Å². The fraction of sp³-hybridized carbons (Fsp3) is 0.400. The average Bonchev–Trinajstić information content (AvgIpc) is 3.23. The van der Waals surface area contributed by atoms with E-state index in [0.717, 1.165) is 29.6 Å². The van der Waals surface area contributed by atoms with Crippen molar-refractivity contribution < 1.29 is 0 Å². The van der Waals surface area contributed by atoms with Gasteiger partial charge in [0.05, 0.1) is 0 Å². The van der Waals surface area contributed by atoms with Gasteiger partial charge in [0, 0.05) is 30.4 Å². The van der Waals surface area contributed by atoms with E-state index in [1.807, 2.05) is 18.3 Å². The molecule has 0 aromatic carbocycles. The number of nitrogens with one attached hydrogen (secondary N) is 1. The molecule has 0 bridgehead atoms. The van der Waals surface area contributed by atoms with Gasteiger partial charge in [-0.1, -0.05) is 0 Å². The second-order valence-electron chi connectivity index (χ2n) is 5.02. The van der Waals surface area contributed by atoms with E-state index in [-0.39, 0.29) is 0 Å². The molecule has 1 N–H and O–H groups in total. The van der Waals surface area contributed by atoms with Crippen molar-refractivity contribution in [3.05, 3.63) is 35.7 Å². The minimum Gasteiger partial charge on any atom is -0.370 e. The van der Waals surface area contributed by atoms with Gasteiger partial charge in [-0.2, -0.15) is 0 Å². The maximum absolute atomic E-state index is 4.68. The molecule has 19 heavy (non-hydrogen) atoms. The molecule has 0 radical (unpaired) electrons. The quantitative estimate of drug-likeness (QED) is 0.910. The first kappa shape index (κ1) is 12.1. The molecule has 0 amide bonds. The normalized spacial score (nSPS) is 14.4. The Bertz CT molecular complexity index is 590. The number of aromatic nitrogens is 3. The minimum absolute atomic E-state index is 0.615. The smallest absolute Gasteiger partial charge is 0.180 e. The molecule has 0 atom stereocenters. The van der Waals surface area contributed by atoms with Crippen LogP contribution in [0.2, 0.25) is 0 Å². The number of hydrogen-bond donors (Lipinski definition) is 1. The molecule has 4 nitrogen and oxygen atoms in total. The third-order valence-electron chi connectivity index (χ3n) is 3.24. The molecule has 98 valence electrons. The van der Waals surface area contributed by atoms with Gasteiger partial charge in [-0.25, -0.2) is 9.97 Å². The predicted molar refractivity (Wildman–Crippen MR) is 76.1 cm³/mol. The van der Waals surface area contributed by atoms with Crippen molar-refractivity contribution in [1.82, 2.24) is 15.0 Å². The summed E-state index contributed by atoms with van der Waals surface area (Å²) in [6.07, 6.45) is 4.29. The Balaban J connectivity index is 2.03.